The Bertz CT molecular complexity index is 524. The van der Waals surface area contributed by atoms with E-state index >= 15 is 0 Å². The van der Waals surface area contributed by atoms with Crippen molar-refractivity contribution in [1.82, 2.24) is 10.2 Å². The van der Waals surface area contributed by atoms with Crippen LogP contribution in [0, 0.1) is 0 Å². The van der Waals surface area contributed by atoms with Crippen molar-refractivity contribution in [3.8, 4) is 0 Å². The first-order valence-corrected chi connectivity index (χ1v) is 7.13. The van der Waals surface area contributed by atoms with Crippen LogP contribution in [0.2, 0.25) is 0 Å². The molecule has 2 rings (SSSR count). The number of benzene rings is 1. The van der Waals surface area contributed by atoms with E-state index in [0.29, 0.717) is 18.7 Å². The van der Waals surface area contributed by atoms with E-state index in [2.05, 4.69) is 29.2 Å². The van der Waals surface area contributed by atoms with Crippen molar-refractivity contribution in [2.24, 2.45) is 5.16 Å². The lowest BCUT2D eigenvalue weighted by Gasteiger charge is -2.32. The van der Waals surface area contributed by atoms with E-state index in [1.165, 1.54) is 0 Å². The number of nitrogens with one attached hydrogen (secondary N) is 1. The van der Waals surface area contributed by atoms with Gasteiger partial charge in [-0.25, -0.2) is 0 Å². The highest BCUT2D eigenvalue weighted by Gasteiger charge is 2.28. The quantitative estimate of drug-likeness (QED) is 0.901. The largest absolute Gasteiger partial charge is 0.387 e. The van der Waals surface area contributed by atoms with Gasteiger partial charge in [0.15, 0.2) is 6.10 Å². The third kappa shape index (κ3) is 3.82. The van der Waals surface area contributed by atoms with Crippen LogP contribution in [0.25, 0.3) is 0 Å². The van der Waals surface area contributed by atoms with Gasteiger partial charge in [0.05, 0.1) is 0 Å². The minimum absolute atomic E-state index is 0.103. The molecule has 0 bridgehead atoms. The summed E-state index contributed by atoms with van der Waals surface area (Å²) in [6.07, 6.45) is 0.354. The number of hydrogen-bond donors (Lipinski definition) is 1. The van der Waals surface area contributed by atoms with Crippen molar-refractivity contribution in [2.75, 3.05) is 20.6 Å². The van der Waals surface area contributed by atoms with Gasteiger partial charge in [-0.1, -0.05) is 35.5 Å². The van der Waals surface area contributed by atoms with Crippen LogP contribution >= 0.6 is 0 Å². The molecule has 1 aliphatic heterocycles. The Morgan fingerprint density at radius 3 is 2.67 bits per heavy atom. The molecule has 0 saturated carbocycles. The molecule has 5 heteroatoms. The summed E-state index contributed by atoms with van der Waals surface area (Å²) < 4.78 is 0. The molecule has 1 N–H and O–H groups in total. The van der Waals surface area contributed by atoms with E-state index in [0.717, 1.165) is 5.56 Å². The van der Waals surface area contributed by atoms with Gasteiger partial charge in [0.1, 0.15) is 5.71 Å². The molecule has 1 amide bonds. The van der Waals surface area contributed by atoms with E-state index in [1.807, 2.05) is 44.4 Å². The number of nitrogens with zero attached hydrogens (tertiary/aromatic N) is 2. The lowest BCUT2D eigenvalue weighted by atomic mass is 10.0. The minimum atomic E-state index is -0.159. The highest BCUT2D eigenvalue weighted by atomic mass is 16.6. The summed E-state index contributed by atoms with van der Waals surface area (Å²) in [5, 5.41) is 6.86. The van der Waals surface area contributed by atoms with E-state index < -0.39 is 0 Å². The van der Waals surface area contributed by atoms with Gasteiger partial charge in [-0.05, 0) is 33.5 Å². The second kappa shape index (κ2) is 6.26. The maximum atomic E-state index is 12.2. The fraction of sp³-hybridized carbons (Fsp3) is 0.500. The molecular weight excluding hydrogens is 266 g/mol. The first-order chi connectivity index (χ1) is 9.90. The molecule has 114 valence electrons. The third-order valence-electron chi connectivity index (χ3n) is 3.99. The lowest BCUT2D eigenvalue weighted by Crippen LogP contribution is -2.49. The summed E-state index contributed by atoms with van der Waals surface area (Å²) in [6, 6.07) is 9.83. The van der Waals surface area contributed by atoms with Crippen molar-refractivity contribution in [1.29, 1.82) is 0 Å². The van der Waals surface area contributed by atoms with Gasteiger partial charge in [0.2, 0.25) is 0 Å². The highest BCUT2D eigenvalue weighted by Crippen LogP contribution is 2.26. The second-order valence-corrected chi connectivity index (χ2v) is 6.14. The number of likely N-dealkylation sites (N-methyl/N-ethyl adjacent to an activating group) is 1. The standard InChI is InChI=1S/C16H23N3O2/c1-16(2,19(3)4)11-17-15(20)13-10-14(21-18-13)12-8-6-5-7-9-12/h5-9,14H,10-11H2,1-4H3,(H,17,20)/t14-/m0/s1. The Balaban J connectivity index is 1.88. The number of oxime groups is 1. The SMILES string of the molecule is CN(C)C(C)(C)CNC(=O)C1=NO[C@H](c2ccccc2)C1. The predicted molar refractivity (Wildman–Crippen MR) is 83.1 cm³/mol. The van der Waals surface area contributed by atoms with Gasteiger partial charge in [0, 0.05) is 18.5 Å². The summed E-state index contributed by atoms with van der Waals surface area (Å²) in [5.41, 5.74) is 1.39. The van der Waals surface area contributed by atoms with Crippen LogP contribution in [-0.2, 0) is 9.63 Å². The smallest absolute Gasteiger partial charge is 0.269 e. The summed E-state index contributed by atoms with van der Waals surface area (Å²) in [5.74, 6) is -0.150. The van der Waals surface area contributed by atoms with Crippen LogP contribution < -0.4 is 5.32 Å². The number of carbonyl (C=O) groups excluding carboxylic acids is 1. The Morgan fingerprint density at radius 1 is 1.38 bits per heavy atom. The molecule has 1 aromatic carbocycles. The van der Waals surface area contributed by atoms with E-state index in [9.17, 15) is 4.79 Å². The summed E-state index contributed by atoms with van der Waals surface area (Å²) in [7, 11) is 3.99. The maximum absolute atomic E-state index is 12.2. The summed E-state index contributed by atoms with van der Waals surface area (Å²) in [6.45, 7) is 4.72. The average Bonchev–Trinajstić information content (AvgIpc) is 2.95. The molecular formula is C16H23N3O2. The Hall–Kier alpha value is -1.88. The van der Waals surface area contributed by atoms with Gasteiger partial charge in [-0.15, -0.1) is 0 Å². The fourth-order valence-electron chi connectivity index (χ4n) is 1.91. The Labute approximate surface area is 126 Å². The third-order valence-corrected chi connectivity index (χ3v) is 3.99. The van der Waals surface area contributed by atoms with Gasteiger partial charge < -0.3 is 15.1 Å². The number of rotatable bonds is 5. The second-order valence-electron chi connectivity index (χ2n) is 6.14. The topological polar surface area (TPSA) is 53.9 Å². The molecule has 1 aliphatic rings. The monoisotopic (exact) mass is 289 g/mol. The molecule has 0 unspecified atom stereocenters. The summed E-state index contributed by atoms with van der Waals surface area (Å²) >= 11 is 0. The van der Waals surface area contributed by atoms with E-state index in [1.54, 1.807) is 0 Å². The molecule has 0 aliphatic carbocycles. The van der Waals surface area contributed by atoms with Crippen LogP contribution in [0.15, 0.2) is 35.5 Å². The molecule has 0 fully saturated rings. The van der Waals surface area contributed by atoms with Crippen molar-refractivity contribution in [2.45, 2.75) is 31.9 Å². The van der Waals surface area contributed by atoms with Crippen LogP contribution in [-0.4, -0.2) is 42.7 Å². The number of amides is 1. The average molecular weight is 289 g/mol. The zero-order chi connectivity index (χ0) is 15.5. The van der Waals surface area contributed by atoms with Crippen LogP contribution in [0.3, 0.4) is 0 Å². The fourth-order valence-corrected chi connectivity index (χ4v) is 1.91. The molecule has 0 spiro atoms. The van der Waals surface area contributed by atoms with Crippen molar-refractivity contribution < 1.29 is 9.63 Å². The lowest BCUT2D eigenvalue weighted by molar-refractivity contribution is -0.115. The van der Waals surface area contributed by atoms with Gasteiger partial charge in [-0.2, -0.15) is 0 Å². The molecule has 21 heavy (non-hydrogen) atoms. The first-order valence-electron chi connectivity index (χ1n) is 7.13. The predicted octanol–water partition coefficient (Wildman–Crippen LogP) is 1.96. The molecule has 1 aromatic rings. The normalized spacial score (nSPS) is 18.3. The zero-order valence-corrected chi connectivity index (χ0v) is 13.1. The molecule has 1 heterocycles. The minimum Gasteiger partial charge on any atom is -0.387 e. The Kier molecular flexibility index (Phi) is 4.63. The van der Waals surface area contributed by atoms with Crippen LogP contribution in [0.5, 0.6) is 0 Å². The van der Waals surface area contributed by atoms with Gasteiger partial charge >= 0.3 is 0 Å². The molecule has 0 radical (unpaired) electrons. The number of carbonyl (C=O) groups is 1. The Morgan fingerprint density at radius 2 is 2.05 bits per heavy atom. The number of hydrogen-bond acceptors (Lipinski definition) is 4. The van der Waals surface area contributed by atoms with E-state index in [-0.39, 0.29) is 17.6 Å². The van der Waals surface area contributed by atoms with E-state index in [4.69, 9.17) is 4.84 Å². The van der Waals surface area contributed by atoms with Gasteiger partial charge in [-0.3, -0.25) is 4.79 Å². The van der Waals surface area contributed by atoms with Crippen molar-refractivity contribution in [3.63, 3.8) is 0 Å². The summed E-state index contributed by atoms with van der Waals surface area (Å²) in [4.78, 5) is 19.6. The van der Waals surface area contributed by atoms with Crippen molar-refractivity contribution in [3.05, 3.63) is 35.9 Å². The molecule has 0 aromatic heterocycles. The molecule has 1 atom stereocenters. The maximum Gasteiger partial charge on any atom is 0.269 e. The van der Waals surface area contributed by atoms with Crippen LogP contribution in [0.1, 0.15) is 31.9 Å². The van der Waals surface area contributed by atoms with Crippen molar-refractivity contribution >= 4 is 11.6 Å². The van der Waals surface area contributed by atoms with Gasteiger partial charge in [0.25, 0.3) is 5.91 Å². The first kappa shape index (κ1) is 15.5. The molecule has 0 saturated heterocycles. The molecule has 5 nitrogen and oxygen atoms in total. The zero-order valence-electron chi connectivity index (χ0n) is 13.1. The van der Waals surface area contributed by atoms with Crippen LogP contribution in [0.4, 0.5) is 0 Å². The highest BCUT2D eigenvalue weighted by molar-refractivity contribution is 6.39.